The number of unbranched alkanes of at least 4 members (excludes halogenated alkanes) is 1. The fourth-order valence-corrected chi connectivity index (χ4v) is 6.42. The van der Waals surface area contributed by atoms with Crippen molar-refractivity contribution in [3.05, 3.63) is 75.2 Å². The van der Waals surface area contributed by atoms with Crippen LogP contribution in [0.1, 0.15) is 26.2 Å². The maximum atomic E-state index is 13.9. The number of anilines is 1. The van der Waals surface area contributed by atoms with Crippen molar-refractivity contribution >= 4 is 55.7 Å². The normalized spacial score (nSPS) is 12.5. The standard InChI is InChI=1S/C25H23Cl2N3O6S/c1-3-4-5-22(24(31)32)30(37(34,35)21-13-18(26)12-19(27)14-21)20-9-8-15-10-17(7-6-16(15)11-20)23-28-36-25(33)29(23)2/h6-14,22H,3-5H2,1-2H3,(H,31,32). The molecule has 4 rings (SSSR count). The Kier molecular flexibility index (Phi) is 7.63. The Labute approximate surface area is 222 Å². The predicted octanol–water partition coefficient (Wildman–Crippen LogP) is 5.34. The van der Waals surface area contributed by atoms with Gasteiger partial charge in [-0.3, -0.25) is 13.4 Å². The van der Waals surface area contributed by atoms with Crippen LogP contribution >= 0.6 is 23.2 Å². The number of aliphatic carboxylic acids is 1. The van der Waals surface area contributed by atoms with Gasteiger partial charge in [-0.25, -0.2) is 18.0 Å². The van der Waals surface area contributed by atoms with Crippen molar-refractivity contribution in [2.24, 2.45) is 7.05 Å². The van der Waals surface area contributed by atoms with Crippen LogP contribution < -0.4 is 10.1 Å². The van der Waals surface area contributed by atoms with E-state index in [4.69, 9.17) is 27.7 Å². The summed E-state index contributed by atoms with van der Waals surface area (Å²) in [6.45, 7) is 1.90. The molecule has 0 saturated carbocycles. The summed E-state index contributed by atoms with van der Waals surface area (Å²) in [5.41, 5.74) is 0.798. The zero-order valence-corrected chi connectivity index (χ0v) is 22.2. The van der Waals surface area contributed by atoms with Crippen LogP contribution in [0.15, 0.2) is 68.8 Å². The highest BCUT2D eigenvalue weighted by Gasteiger charge is 2.36. The Morgan fingerprint density at radius 2 is 1.73 bits per heavy atom. The van der Waals surface area contributed by atoms with E-state index in [0.29, 0.717) is 29.6 Å². The van der Waals surface area contributed by atoms with Gasteiger partial charge in [0.15, 0.2) is 5.82 Å². The predicted molar refractivity (Wildman–Crippen MR) is 142 cm³/mol. The van der Waals surface area contributed by atoms with Gasteiger partial charge in [0.25, 0.3) is 10.0 Å². The first-order valence-electron chi connectivity index (χ1n) is 11.3. The van der Waals surface area contributed by atoms with Gasteiger partial charge in [-0.05, 0) is 53.6 Å². The minimum absolute atomic E-state index is 0.108. The SMILES string of the molecule is CCCCC(C(=O)O)N(c1ccc2cc(-c3noc(=O)n3C)ccc2c1)S(=O)(=O)c1cc(Cl)cc(Cl)c1. The molecule has 194 valence electrons. The number of hydrogen-bond donors (Lipinski definition) is 1. The summed E-state index contributed by atoms with van der Waals surface area (Å²) in [4.78, 5) is 23.8. The molecule has 9 nitrogen and oxygen atoms in total. The number of halogens is 2. The van der Waals surface area contributed by atoms with Crippen molar-refractivity contribution in [3.63, 3.8) is 0 Å². The molecule has 0 amide bonds. The minimum atomic E-state index is -4.37. The van der Waals surface area contributed by atoms with Crippen molar-refractivity contribution in [3.8, 4) is 11.4 Å². The average molecular weight is 564 g/mol. The highest BCUT2D eigenvalue weighted by molar-refractivity contribution is 7.93. The molecule has 0 spiro atoms. The maximum absolute atomic E-state index is 13.9. The van der Waals surface area contributed by atoms with E-state index in [0.717, 1.165) is 9.69 Å². The van der Waals surface area contributed by atoms with E-state index in [2.05, 4.69) is 5.16 Å². The highest BCUT2D eigenvalue weighted by atomic mass is 35.5. The van der Waals surface area contributed by atoms with E-state index in [-0.39, 0.29) is 27.0 Å². The van der Waals surface area contributed by atoms with Crippen LogP contribution in [0, 0.1) is 0 Å². The third-order valence-corrected chi connectivity index (χ3v) is 8.18. The summed E-state index contributed by atoms with van der Waals surface area (Å²) in [5, 5.41) is 15.4. The third kappa shape index (κ3) is 5.36. The lowest BCUT2D eigenvalue weighted by Gasteiger charge is -2.30. The summed E-state index contributed by atoms with van der Waals surface area (Å²) in [5.74, 6) is -1.53. The van der Waals surface area contributed by atoms with Gasteiger partial charge in [0.2, 0.25) is 0 Å². The molecule has 1 aromatic heterocycles. The molecule has 37 heavy (non-hydrogen) atoms. The second kappa shape index (κ2) is 10.6. The number of rotatable bonds is 9. The monoisotopic (exact) mass is 563 g/mol. The largest absolute Gasteiger partial charge is 0.480 e. The molecule has 0 fully saturated rings. The fourth-order valence-electron chi connectivity index (χ4n) is 4.06. The van der Waals surface area contributed by atoms with Gasteiger partial charge in [-0.1, -0.05) is 66.3 Å². The number of fused-ring (bicyclic) bond motifs is 1. The van der Waals surface area contributed by atoms with E-state index in [1.165, 1.54) is 29.8 Å². The Morgan fingerprint density at radius 1 is 1.08 bits per heavy atom. The van der Waals surface area contributed by atoms with E-state index >= 15 is 0 Å². The molecule has 1 heterocycles. The molecular weight excluding hydrogens is 541 g/mol. The first kappa shape index (κ1) is 26.7. The number of carboxylic acids is 1. The summed E-state index contributed by atoms with van der Waals surface area (Å²) < 4.78 is 34.6. The lowest BCUT2D eigenvalue weighted by molar-refractivity contribution is -0.138. The van der Waals surface area contributed by atoms with Crippen LogP contribution in [0.4, 0.5) is 5.69 Å². The Morgan fingerprint density at radius 3 is 2.32 bits per heavy atom. The van der Waals surface area contributed by atoms with Crippen molar-refractivity contribution < 1.29 is 22.8 Å². The quantitative estimate of drug-likeness (QED) is 0.291. The van der Waals surface area contributed by atoms with Crippen molar-refractivity contribution in [1.29, 1.82) is 0 Å². The van der Waals surface area contributed by atoms with E-state index < -0.39 is 27.8 Å². The topological polar surface area (TPSA) is 123 Å². The molecule has 1 atom stereocenters. The van der Waals surface area contributed by atoms with Gasteiger partial charge in [-0.15, -0.1) is 0 Å². The van der Waals surface area contributed by atoms with Crippen molar-refractivity contribution in [2.45, 2.75) is 37.1 Å². The first-order valence-corrected chi connectivity index (χ1v) is 13.5. The minimum Gasteiger partial charge on any atom is -0.480 e. The molecule has 1 N–H and O–H groups in total. The van der Waals surface area contributed by atoms with Crippen molar-refractivity contribution in [2.75, 3.05) is 4.31 Å². The first-order chi connectivity index (χ1) is 17.5. The van der Waals surface area contributed by atoms with Crippen LogP contribution in [-0.4, -0.2) is 35.3 Å². The van der Waals surface area contributed by atoms with Gasteiger partial charge in [0.1, 0.15) is 6.04 Å². The van der Waals surface area contributed by atoms with Gasteiger partial charge < -0.3 is 5.11 Å². The second-order valence-corrected chi connectivity index (χ2v) is 11.2. The number of carbonyl (C=O) groups is 1. The summed E-state index contributed by atoms with van der Waals surface area (Å²) in [7, 11) is -2.84. The summed E-state index contributed by atoms with van der Waals surface area (Å²) >= 11 is 12.1. The number of sulfonamides is 1. The zero-order chi connectivity index (χ0) is 26.9. The van der Waals surface area contributed by atoms with Gasteiger partial charge in [-0.2, -0.15) is 0 Å². The fraction of sp³-hybridized carbons (Fsp3) is 0.240. The van der Waals surface area contributed by atoms with Crippen LogP contribution in [0.25, 0.3) is 22.2 Å². The van der Waals surface area contributed by atoms with E-state index in [9.17, 15) is 23.1 Å². The van der Waals surface area contributed by atoms with Gasteiger partial charge in [0, 0.05) is 22.7 Å². The molecule has 0 aliphatic carbocycles. The summed E-state index contributed by atoms with van der Waals surface area (Å²) in [6.07, 6.45) is 1.30. The number of nitrogens with zero attached hydrogens (tertiary/aromatic N) is 3. The molecule has 4 aromatic rings. The summed E-state index contributed by atoms with van der Waals surface area (Å²) in [6, 6.07) is 12.6. The third-order valence-electron chi connectivity index (χ3n) is 5.93. The molecule has 0 aliphatic heterocycles. The number of carboxylic acid groups (broad SMARTS) is 1. The Hall–Kier alpha value is -3.34. The molecule has 0 saturated heterocycles. The smallest absolute Gasteiger partial charge is 0.441 e. The molecule has 1 unspecified atom stereocenters. The zero-order valence-electron chi connectivity index (χ0n) is 19.9. The average Bonchev–Trinajstić information content (AvgIpc) is 3.18. The maximum Gasteiger partial charge on any atom is 0.441 e. The number of aromatic nitrogens is 2. The van der Waals surface area contributed by atoms with Gasteiger partial charge in [0.05, 0.1) is 10.6 Å². The van der Waals surface area contributed by atoms with Crippen LogP contribution in [0.3, 0.4) is 0 Å². The molecular formula is C25H23Cl2N3O6S. The highest BCUT2D eigenvalue weighted by Crippen LogP contribution is 2.34. The lowest BCUT2D eigenvalue weighted by atomic mass is 10.0. The Bertz CT molecular complexity index is 1630. The van der Waals surface area contributed by atoms with E-state index in [1.54, 1.807) is 36.4 Å². The molecule has 0 bridgehead atoms. The van der Waals surface area contributed by atoms with Crippen LogP contribution in [0.5, 0.6) is 0 Å². The molecule has 0 radical (unpaired) electrons. The van der Waals surface area contributed by atoms with Crippen LogP contribution in [-0.2, 0) is 21.9 Å². The molecule has 0 aliphatic rings. The molecule has 12 heteroatoms. The van der Waals surface area contributed by atoms with E-state index in [1.807, 2.05) is 6.92 Å². The van der Waals surface area contributed by atoms with Gasteiger partial charge >= 0.3 is 11.7 Å². The van der Waals surface area contributed by atoms with Crippen molar-refractivity contribution in [1.82, 2.24) is 9.72 Å². The number of benzene rings is 3. The van der Waals surface area contributed by atoms with Crippen LogP contribution in [0.2, 0.25) is 10.0 Å². The second-order valence-electron chi connectivity index (χ2n) is 8.48. The molecule has 3 aromatic carbocycles. The Balaban J connectivity index is 1.87. The lowest BCUT2D eigenvalue weighted by Crippen LogP contribution is -2.45. The number of hydrogen-bond acceptors (Lipinski definition) is 6.